The molecule has 0 bridgehead atoms. The molecular formula is C11H19ClO2. The Kier molecular flexibility index (Phi) is 3.82. The van der Waals surface area contributed by atoms with Crippen molar-refractivity contribution < 1.29 is 9.53 Å². The molecule has 0 aliphatic heterocycles. The van der Waals surface area contributed by atoms with E-state index in [2.05, 4.69) is 0 Å². The van der Waals surface area contributed by atoms with Crippen LogP contribution in [-0.2, 0) is 9.53 Å². The topological polar surface area (TPSA) is 26.3 Å². The van der Waals surface area contributed by atoms with Gasteiger partial charge in [0.2, 0.25) is 0 Å². The van der Waals surface area contributed by atoms with Gasteiger partial charge in [-0.25, -0.2) is 0 Å². The molecule has 0 aromatic carbocycles. The van der Waals surface area contributed by atoms with Gasteiger partial charge in [0, 0.05) is 5.38 Å². The Balaban J connectivity index is 2.50. The second-order valence-corrected chi connectivity index (χ2v) is 5.50. The monoisotopic (exact) mass is 218 g/mol. The van der Waals surface area contributed by atoms with E-state index in [1.165, 1.54) is 0 Å². The predicted octanol–water partition coefficient (Wildman–Crippen LogP) is 3.13. The van der Waals surface area contributed by atoms with Crippen LogP contribution in [0, 0.1) is 5.92 Å². The molecule has 1 aliphatic rings. The maximum atomic E-state index is 11.7. The Hall–Kier alpha value is -0.240. The molecule has 1 rings (SSSR count). The van der Waals surface area contributed by atoms with E-state index < -0.39 is 5.60 Å². The Bertz CT molecular complexity index is 208. The van der Waals surface area contributed by atoms with Crippen molar-refractivity contribution in [3.8, 4) is 0 Å². The molecule has 2 unspecified atom stereocenters. The van der Waals surface area contributed by atoms with Crippen LogP contribution in [-0.4, -0.2) is 16.9 Å². The highest BCUT2D eigenvalue weighted by Crippen LogP contribution is 2.30. The standard InChI is InChI=1S/C11H19ClO2/c1-11(2,3)14-10(13)8-6-4-5-7-9(8)12/h8-9H,4-7H2,1-3H3. The second kappa shape index (κ2) is 4.52. The molecule has 2 atom stereocenters. The average Bonchev–Trinajstić information content (AvgIpc) is 2.01. The summed E-state index contributed by atoms with van der Waals surface area (Å²) in [5.41, 5.74) is -0.398. The summed E-state index contributed by atoms with van der Waals surface area (Å²) in [5, 5.41) is -0.0291. The Morgan fingerprint density at radius 3 is 2.36 bits per heavy atom. The van der Waals surface area contributed by atoms with E-state index >= 15 is 0 Å². The molecule has 14 heavy (non-hydrogen) atoms. The lowest BCUT2D eigenvalue weighted by molar-refractivity contribution is -0.160. The summed E-state index contributed by atoms with van der Waals surface area (Å²) in [6, 6.07) is 0. The van der Waals surface area contributed by atoms with Gasteiger partial charge in [0.25, 0.3) is 0 Å². The van der Waals surface area contributed by atoms with Gasteiger partial charge in [-0.15, -0.1) is 11.6 Å². The first-order chi connectivity index (χ1) is 6.40. The Morgan fingerprint density at radius 1 is 1.29 bits per heavy atom. The normalized spacial score (nSPS) is 28.6. The van der Waals surface area contributed by atoms with Gasteiger partial charge in [-0.2, -0.15) is 0 Å². The molecule has 1 fully saturated rings. The zero-order chi connectivity index (χ0) is 10.8. The zero-order valence-corrected chi connectivity index (χ0v) is 9.93. The van der Waals surface area contributed by atoms with Crippen molar-refractivity contribution in [2.24, 2.45) is 5.92 Å². The van der Waals surface area contributed by atoms with Crippen LogP contribution in [0.25, 0.3) is 0 Å². The number of carbonyl (C=O) groups is 1. The molecular weight excluding hydrogens is 200 g/mol. The van der Waals surface area contributed by atoms with E-state index in [-0.39, 0.29) is 17.3 Å². The van der Waals surface area contributed by atoms with Crippen LogP contribution in [0.5, 0.6) is 0 Å². The summed E-state index contributed by atoms with van der Waals surface area (Å²) in [4.78, 5) is 11.7. The van der Waals surface area contributed by atoms with Gasteiger partial charge in [-0.3, -0.25) is 4.79 Å². The van der Waals surface area contributed by atoms with E-state index in [0.717, 1.165) is 25.7 Å². The van der Waals surface area contributed by atoms with E-state index in [4.69, 9.17) is 16.3 Å². The number of ether oxygens (including phenoxy) is 1. The fraction of sp³-hybridized carbons (Fsp3) is 0.909. The van der Waals surface area contributed by atoms with Gasteiger partial charge in [-0.05, 0) is 33.6 Å². The Morgan fingerprint density at radius 2 is 1.86 bits per heavy atom. The molecule has 0 amide bonds. The number of carbonyl (C=O) groups excluding carboxylic acids is 1. The van der Waals surface area contributed by atoms with Crippen molar-refractivity contribution in [2.45, 2.75) is 57.4 Å². The van der Waals surface area contributed by atoms with Crippen molar-refractivity contribution in [1.29, 1.82) is 0 Å². The van der Waals surface area contributed by atoms with Crippen molar-refractivity contribution in [3.05, 3.63) is 0 Å². The van der Waals surface area contributed by atoms with Crippen molar-refractivity contribution in [1.82, 2.24) is 0 Å². The molecule has 0 saturated heterocycles. The van der Waals surface area contributed by atoms with Crippen LogP contribution in [0.2, 0.25) is 0 Å². The first kappa shape index (κ1) is 11.8. The van der Waals surface area contributed by atoms with E-state index in [0.29, 0.717) is 0 Å². The van der Waals surface area contributed by atoms with Crippen molar-refractivity contribution in [2.75, 3.05) is 0 Å². The van der Waals surface area contributed by atoms with Crippen LogP contribution < -0.4 is 0 Å². The summed E-state index contributed by atoms with van der Waals surface area (Å²) in [5.74, 6) is -0.221. The third-order valence-corrected chi connectivity index (χ3v) is 2.91. The maximum absolute atomic E-state index is 11.7. The molecule has 0 heterocycles. The average molecular weight is 219 g/mol. The highest BCUT2D eigenvalue weighted by atomic mass is 35.5. The quantitative estimate of drug-likeness (QED) is 0.499. The lowest BCUT2D eigenvalue weighted by Gasteiger charge is -2.29. The number of hydrogen-bond donors (Lipinski definition) is 0. The van der Waals surface area contributed by atoms with Crippen molar-refractivity contribution >= 4 is 17.6 Å². The molecule has 0 N–H and O–H groups in total. The lowest BCUT2D eigenvalue weighted by atomic mass is 9.89. The molecule has 1 aliphatic carbocycles. The summed E-state index contributed by atoms with van der Waals surface area (Å²) < 4.78 is 5.32. The van der Waals surface area contributed by atoms with Gasteiger partial charge in [0.1, 0.15) is 5.60 Å². The van der Waals surface area contributed by atoms with E-state index in [1.807, 2.05) is 20.8 Å². The number of halogens is 1. The van der Waals surface area contributed by atoms with Crippen LogP contribution in [0.1, 0.15) is 46.5 Å². The van der Waals surface area contributed by atoms with E-state index in [9.17, 15) is 4.79 Å². The van der Waals surface area contributed by atoms with Gasteiger partial charge >= 0.3 is 5.97 Å². The first-order valence-corrected chi connectivity index (χ1v) is 5.71. The molecule has 82 valence electrons. The minimum Gasteiger partial charge on any atom is -0.460 e. The van der Waals surface area contributed by atoms with Gasteiger partial charge in [0.05, 0.1) is 5.92 Å². The third kappa shape index (κ3) is 3.49. The van der Waals surface area contributed by atoms with Crippen molar-refractivity contribution in [3.63, 3.8) is 0 Å². The Labute approximate surface area is 91.0 Å². The third-order valence-electron chi connectivity index (χ3n) is 2.39. The largest absolute Gasteiger partial charge is 0.460 e. The fourth-order valence-corrected chi connectivity index (χ4v) is 2.11. The number of rotatable bonds is 1. The molecule has 0 aromatic heterocycles. The highest BCUT2D eigenvalue weighted by Gasteiger charge is 2.32. The summed E-state index contributed by atoms with van der Waals surface area (Å²) in [7, 11) is 0. The van der Waals surface area contributed by atoms with Crippen LogP contribution >= 0.6 is 11.6 Å². The number of alkyl halides is 1. The summed E-state index contributed by atoms with van der Waals surface area (Å²) >= 11 is 6.11. The fourth-order valence-electron chi connectivity index (χ4n) is 1.73. The van der Waals surface area contributed by atoms with E-state index in [1.54, 1.807) is 0 Å². The predicted molar refractivity (Wildman–Crippen MR) is 57.4 cm³/mol. The van der Waals surface area contributed by atoms with Crippen LogP contribution in [0.15, 0.2) is 0 Å². The molecule has 3 heteroatoms. The SMILES string of the molecule is CC(C)(C)OC(=O)C1CCCCC1Cl. The smallest absolute Gasteiger partial charge is 0.310 e. The lowest BCUT2D eigenvalue weighted by Crippen LogP contribution is -2.34. The molecule has 0 radical (unpaired) electrons. The minimum absolute atomic E-state index is 0.0291. The molecule has 1 saturated carbocycles. The minimum atomic E-state index is -0.398. The molecule has 2 nitrogen and oxygen atoms in total. The summed E-state index contributed by atoms with van der Waals surface area (Å²) in [6.07, 6.45) is 4.04. The van der Waals surface area contributed by atoms with Gasteiger partial charge in [0.15, 0.2) is 0 Å². The van der Waals surface area contributed by atoms with Gasteiger partial charge in [-0.1, -0.05) is 12.8 Å². The van der Waals surface area contributed by atoms with Crippen LogP contribution in [0.4, 0.5) is 0 Å². The van der Waals surface area contributed by atoms with Crippen LogP contribution in [0.3, 0.4) is 0 Å². The van der Waals surface area contributed by atoms with Gasteiger partial charge < -0.3 is 4.74 Å². The second-order valence-electron chi connectivity index (χ2n) is 4.94. The summed E-state index contributed by atoms with van der Waals surface area (Å²) in [6.45, 7) is 5.66. The highest BCUT2D eigenvalue weighted by molar-refractivity contribution is 6.22. The number of esters is 1. The molecule has 0 aromatic rings. The number of hydrogen-bond acceptors (Lipinski definition) is 2. The zero-order valence-electron chi connectivity index (χ0n) is 9.18. The first-order valence-electron chi connectivity index (χ1n) is 5.27. The maximum Gasteiger partial charge on any atom is 0.310 e. The molecule has 0 spiro atoms.